The lowest BCUT2D eigenvalue weighted by molar-refractivity contribution is -0.128. The molecule has 0 spiro atoms. The summed E-state index contributed by atoms with van der Waals surface area (Å²) in [6.07, 6.45) is 0. The summed E-state index contributed by atoms with van der Waals surface area (Å²) in [5, 5.41) is 13.9. The number of rotatable bonds is 5. The molecule has 0 bridgehead atoms. The van der Waals surface area contributed by atoms with E-state index in [0.29, 0.717) is 28.3 Å². The lowest BCUT2D eigenvalue weighted by atomic mass is 10.1. The lowest BCUT2D eigenvalue weighted by Gasteiger charge is -2.36. The number of piperazine rings is 1. The molecule has 1 aliphatic rings. The molecule has 156 valence electrons. The van der Waals surface area contributed by atoms with Gasteiger partial charge in [0.05, 0.1) is 5.75 Å². The molecule has 0 aliphatic carbocycles. The molecule has 2 N–H and O–H groups in total. The maximum absolute atomic E-state index is 12.5. The number of benzene rings is 1. The van der Waals surface area contributed by atoms with Crippen LogP contribution < -0.4 is 15.5 Å². The SMILES string of the molecule is CC(C)(C)NC(=O)Nc1nnc(SCC(=O)N2CCN(c3ccccc3)CC2)s1. The first kappa shape index (κ1) is 21.4. The zero-order valence-electron chi connectivity index (χ0n) is 16.8. The van der Waals surface area contributed by atoms with Crippen LogP contribution in [0.3, 0.4) is 0 Å². The van der Waals surface area contributed by atoms with Crippen LogP contribution in [-0.2, 0) is 4.79 Å². The Bertz CT molecular complexity index is 829. The molecule has 10 heteroatoms. The molecule has 2 heterocycles. The fourth-order valence-corrected chi connectivity index (χ4v) is 4.50. The summed E-state index contributed by atoms with van der Waals surface area (Å²) < 4.78 is 0.660. The van der Waals surface area contributed by atoms with E-state index in [1.165, 1.54) is 28.8 Å². The third kappa shape index (κ3) is 6.60. The molecule has 1 aromatic heterocycles. The third-order valence-electron chi connectivity index (χ3n) is 4.19. The van der Waals surface area contributed by atoms with Crippen LogP contribution >= 0.6 is 23.1 Å². The molecule has 1 fully saturated rings. The minimum absolute atomic E-state index is 0.0953. The van der Waals surface area contributed by atoms with Gasteiger partial charge in [-0.3, -0.25) is 10.1 Å². The molecular formula is C19H26N6O2S2. The number of para-hydroxylation sites is 1. The number of nitrogens with one attached hydrogen (secondary N) is 2. The van der Waals surface area contributed by atoms with Gasteiger partial charge in [-0.1, -0.05) is 41.3 Å². The first-order valence-corrected chi connectivity index (χ1v) is 11.2. The van der Waals surface area contributed by atoms with Gasteiger partial charge >= 0.3 is 6.03 Å². The molecule has 1 aliphatic heterocycles. The van der Waals surface area contributed by atoms with Gasteiger partial charge in [-0.25, -0.2) is 4.79 Å². The van der Waals surface area contributed by atoms with Crippen molar-refractivity contribution in [3.05, 3.63) is 30.3 Å². The summed E-state index contributed by atoms with van der Waals surface area (Å²) in [6, 6.07) is 9.93. The topological polar surface area (TPSA) is 90.5 Å². The van der Waals surface area contributed by atoms with E-state index in [0.717, 1.165) is 13.1 Å². The fourth-order valence-electron chi connectivity index (χ4n) is 2.86. The number of carbonyl (C=O) groups is 2. The van der Waals surface area contributed by atoms with Crippen molar-refractivity contribution in [1.82, 2.24) is 20.4 Å². The maximum atomic E-state index is 12.5. The normalized spacial score (nSPS) is 14.6. The largest absolute Gasteiger partial charge is 0.368 e. The van der Waals surface area contributed by atoms with Crippen LogP contribution in [-0.4, -0.2) is 64.5 Å². The van der Waals surface area contributed by atoms with Gasteiger partial charge in [0.15, 0.2) is 4.34 Å². The molecule has 1 aromatic carbocycles. The monoisotopic (exact) mass is 434 g/mol. The molecule has 0 radical (unpaired) electrons. The highest BCUT2D eigenvalue weighted by molar-refractivity contribution is 8.01. The number of anilines is 2. The van der Waals surface area contributed by atoms with Crippen LogP contribution in [0.25, 0.3) is 0 Å². The molecule has 3 amide bonds. The molecule has 8 nitrogen and oxygen atoms in total. The number of hydrogen-bond donors (Lipinski definition) is 2. The lowest BCUT2D eigenvalue weighted by Crippen LogP contribution is -2.49. The van der Waals surface area contributed by atoms with E-state index in [1.807, 2.05) is 43.9 Å². The number of carbonyl (C=O) groups excluding carboxylic acids is 2. The second-order valence-corrected chi connectivity index (χ2v) is 9.89. The Morgan fingerprint density at radius 2 is 1.79 bits per heavy atom. The van der Waals surface area contributed by atoms with Crippen molar-refractivity contribution in [3.8, 4) is 0 Å². The van der Waals surface area contributed by atoms with Crippen molar-refractivity contribution in [2.75, 3.05) is 42.1 Å². The first-order valence-electron chi connectivity index (χ1n) is 9.43. The fraction of sp³-hybridized carbons (Fsp3) is 0.474. The molecule has 29 heavy (non-hydrogen) atoms. The maximum Gasteiger partial charge on any atom is 0.321 e. The molecule has 3 rings (SSSR count). The number of thioether (sulfide) groups is 1. The molecular weight excluding hydrogens is 408 g/mol. The van der Waals surface area contributed by atoms with E-state index >= 15 is 0 Å². The van der Waals surface area contributed by atoms with Crippen molar-refractivity contribution >= 4 is 45.9 Å². The summed E-state index contributed by atoms with van der Waals surface area (Å²) in [7, 11) is 0. The summed E-state index contributed by atoms with van der Waals surface area (Å²) in [5.74, 6) is 0.409. The molecule has 2 aromatic rings. The highest BCUT2D eigenvalue weighted by Crippen LogP contribution is 2.26. The van der Waals surface area contributed by atoms with Crippen molar-refractivity contribution in [2.45, 2.75) is 30.6 Å². The summed E-state index contributed by atoms with van der Waals surface area (Å²) >= 11 is 2.61. The summed E-state index contributed by atoms with van der Waals surface area (Å²) in [5.41, 5.74) is 0.863. The Hall–Kier alpha value is -2.33. The van der Waals surface area contributed by atoms with E-state index in [1.54, 1.807) is 0 Å². The van der Waals surface area contributed by atoms with Gasteiger partial charge < -0.3 is 15.1 Å². The molecule has 0 atom stereocenters. The second-order valence-electron chi connectivity index (χ2n) is 7.69. The average molecular weight is 435 g/mol. The summed E-state index contributed by atoms with van der Waals surface area (Å²) in [6.45, 7) is 8.79. The minimum atomic E-state index is -0.330. The standard InChI is InChI=1S/C19H26N6O2S2/c1-19(2,3)21-16(27)20-17-22-23-18(29-17)28-13-15(26)25-11-9-24(10-12-25)14-7-5-4-6-8-14/h4-8H,9-13H2,1-3H3,(H2,20,21,22,27). The molecule has 1 saturated heterocycles. The Morgan fingerprint density at radius 3 is 2.45 bits per heavy atom. The number of urea groups is 1. The smallest absolute Gasteiger partial charge is 0.321 e. The number of aromatic nitrogens is 2. The Kier molecular flexibility index (Phi) is 6.96. The van der Waals surface area contributed by atoms with Crippen LogP contribution in [0.4, 0.5) is 15.6 Å². The van der Waals surface area contributed by atoms with Gasteiger partial charge in [0.2, 0.25) is 11.0 Å². The van der Waals surface area contributed by atoms with Crippen LogP contribution in [0, 0.1) is 0 Å². The highest BCUT2D eigenvalue weighted by Gasteiger charge is 2.22. The Morgan fingerprint density at radius 1 is 1.10 bits per heavy atom. The van der Waals surface area contributed by atoms with Crippen LogP contribution in [0.15, 0.2) is 34.7 Å². The van der Waals surface area contributed by atoms with Crippen molar-refractivity contribution in [1.29, 1.82) is 0 Å². The Labute approximate surface area is 179 Å². The zero-order valence-corrected chi connectivity index (χ0v) is 18.5. The van der Waals surface area contributed by atoms with E-state index in [-0.39, 0.29) is 17.5 Å². The van der Waals surface area contributed by atoms with Gasteiger partial charge in [0, 0.05) is 37.4 Å². The highest BCUT2D eigenvalue weighted by atomic mass is 32.2. The van der Waals surface area contributed by atoms with Crippen LogP contribution in [0.5, 0.6) is 0 Å². The molecule has 0 saturated carbocycles. The molecule has 0 unspecified atom stereocenters. The minimum Gasteiger partial charge on any atom is -0.368 e. The third-order valence-corrected chi connectivity index (χ3v) is 6.15. The Balaban J connectivity index is 1.42. The van der Waals surface area contributed by atoms with Gasteiger partial charge in [-0.2, -0.15) is 0 Å². The van der Waals surface area contributed by atoms with E-state index < -0.39 is 0 Å². The van der Waals surface area contributed by atoms with Crippen LogP contribution in [0.2, 0.25) is 0 Å². The summed E-state index contributed by atoms with van der Waals surface area (Å²) in [4.78, 5) is 28.6. The predicted octanol–water partition coefficient (Wildman–Crippen LogP) is 2.90. The van der Waals surface area contributed by atoms with Crippen molar-refractivity contribution < 1.29 is 9.59 Å². The van der Waals surface area contributed by atoms with E-state index in [2.05, 4.69) is 37.9 Å². The number of amides is 3. The number of nitrogens with zero attached hydrogens (tertiary/aromatic N) is 4. The first-order chi connectivity index (χ1) is 13.8. The second kappa shape index (κ2) is 9.45. The van der Waals surface area contributed by atoms with E-state index in [9.17, 15) is 9.59 Å². The van der Waals surface area contributed by atoms with Crippen LogP contribution in [0.1, 0.15) is 20.8 Å². The van der Waals surface area contributed by atoms with Gasteiger partial charge in [-0.15, -0.1) is 10.2 Å². The van der Waals surface area contributed by atoms with Gasteiger partial charge in [0.25, 0.3) is 0 Å². The predicted molar refractivity (Wildman–Crippen MR) is 118 cm³/mol. The van der Waals surface area contributed by atoms with Crippen molar-refractivity contribution in [2.24, 2.45) is 0 Å². The van der Waals surface area contributed by atoms with Gasteiger partial charge in [-0.05, 0) is 32.9 Å². The zero-order chi connectivity index (χ0) is 20.9. The quantitative estimate of drug-likeness (QED) is 0.556. The van der Waals surface area contributed by atoms with Crippen molar-refractivity contribution in [3.63, 3.8) is 0 Å². The average Bonchev–Trinajstić information content (AvgIpc) is 3.12. The van der Waals surface area contributed by atoms with Gasteiger partial charge in [0.1, 0.15) is 0 Å². The van der Waals surface area contributed by atoms with E-state index in [4.69, 9.17) is 0 Å². The number of hydrogen-bond acceptors (Lipinski definition) is 7.